The van der Waals surface area contributed by atoms with Crippen molar-refractivity contribution in [3.8, 4) is 5.75 Å². The summed E-state index contributed by atoms with van der Waals surface area (Å²) >= 11 is 5.74. The van der Waals surface area contributed by atoms with Crippen molar-refractivity contribution in [2.24, 2.45) is 0 Å². The lowest BCUT2D eigenvalue weighted by Gasteiger charge is -1.95. The summed E-state index contributed by atoms with van der Waals surface area (Å²) in [6, 6.07) is 5.57. The molecule has 0 spiro atoms. The third-order valence-electron chi connectivity index (χ3n) is 1.47. The van der Waals surface area contributed by atoms with Gasteiger partial charge in [0.1, 0.15) is 5.75 Å². The summed E-state index contributed by atoms with van der Waals surface area (Å²) in [6.45, 7) is 2.76. The van der Waals surface area contributed by atoms with Crippen molar-refractivity contribution in [2.75, 3.05) is 0 Å². The molecule has 0 aromatic heterocycles. The molecule has 0 saturated carbocycles. The van der Waals surface area contributed by atoms with Crippen LogP contribution in [0.3, 0.4) is 0 Å². The maximum Gasteiger partial charge on any atom is 0.201 e. The van der Waals surface area contributed by atoms with Crippen LogP contribution in [-0.4, -0.2) is 0 Å². The van der Waals surface area contributed by atoms with Gasteiger partial charge in [-0.2, -0.15) is 0 Å². The number of fused-ring (bicyclic) bond motifs is 1. The summed E-state index contributed by atoms with van der Waals surface area (Å²) in [6.07, 6.45) is 0.746. The molecule has 0 amide bonds. The zero-order valence-corrected chi connectivity index (χ0v) is 5.98. The van der Waals surface area contributed by atoms with Crippen LogP contribution in [0.25, 0.3) is 0 Å². The molecule has 2 rings (SSSR count). The van der Waals surface area contributed by atoms with Crippen molar-refractivity contribution in [1.29, 1.82) is 0 Å². The minimum atomic E-state index is 0.746. The van der Waals surface area contributed by atoms with E-state index in [1.54, 1.807) is 0 Å². The molecule has 1 aliphatic heterocycles. The number of hydrogen-bond acceptors (Lipinski definition) is 1. The second-order valence-electron chi connectivity index (χ2n) is 2.18. The quantitative estimate of drug-likeness (QED) is 0.555. The van der Waals surface area contributed by atoms with Crippen molar-refractivity contribution >= 4 is 11.6 Å². The maximum atomic E-state index is 5.74. The normalized spacial score (nSPS) is 14.5. The molecule has 0 N–H and O–H groups in total. The highest BCUT2D eigenvalue weighted by atomic mass is 35.5. The van der Waals surface area contributed by atoms with Gasteiger partial charge >= 0.3 is 0 Å². The standard InChI is InChI=1S/C8H5ClO/c9-7-1-2-8-6(5-7)3-4-10-8/h1-2,5H,3H2. The number of hydrogen-bond donors (Lipinski definition) is 0. The SMILES string of the molecule is Clc1ccc2c(c1)C[C]O2. The van der Waals surface area contributed by atoms with E-state index in [0.29, 0.717) is 0 Å². The Morgan fingerprint density at radius 1 is 1.50 bits per heavy atom. The van der Waals surface area contributed by atoms with E-state index in [-0.39, 0.29) is 0 Å². The molecule has 0 atom stereocenters. The molecule has 0 bridgehead atoms. The summed E-state index contributed by atoms with van der Waals surface area (Å²) in [7, 11) is 0. The average Bonchev–Trinajstić information content (AvgIpc) is 2.33. The predicted octanol–water partition coefficient (Wildman–Crippen LogP) is 2.31. The molecule has 10 heavy (non-hydrogen) atoms. The molecule has 2 heteroatoms. The molecule has 1 aliphatic rings. The van der Waals surface area contributed by atoms with E-state index < -0.39 is 0 Å². The highest BCUT2D eigenvalue weighted by Crippen LogP contribution is 2.29. The van der Waals surface area contributed by atoms with Crippen molar-refractivity contribution < 1.29 is 4.74 Å². The lowest BCUT2D eigenvalue weighted by atomic mass is 10.2. The van der Waals surface area contributed by atoms with Crippen molar-refractivity contribution in [1.82, 2.24) is 0 Å². The summed E-state index contributed by atoms with van der Waals surface area (Å²) in [5, 5.41) is 0.756. The first-order valence-electron chi connectivity index (χ1n) is 3.04. The van der Waals surface area contributed by atoms with E-state index in [0.717, 1.165) is 22.8 Å². The van der Waals surface area contributed by atoms with Crippen LogP contribution < -0.4 is 4.74 Å². The van der Waals surface area contributed by atoms with Crippen molar-refractivity contribution in [3.63, 3.8) is 0 Å². The van der Waals surface area contributed by atoms with Crippen LogP contribution in [0.1, 0.15) is 5.56 Å². The lowest BCUT2D eigenvalue weighted by Crippen LogP contribution is -1.76. The molecule has 2 radical (unpaired) electrons. The average molecular weight is 153 g/mol. The first kappa shape index (κ1) is 6.05. The second-order valence-corrected chi connectivity index (χ2v) is 2.61. The van der Waals surface area contributed by atoms with Crippen LogP contribution >= 0.6 is 11.6 Å². The van der Waals surface area contributed by atoms with E-state index in [9.17, 15) is 0 Å². The predicted molar refractivity (Wildman–Crippen MR) is 39.0 cm³/mol. The van der Waals surface area contributed by atoms with E-state index in [1.165, 1.54) is 0 Å². The molecule has 1 nitrogen and oxygen atoms in total. The fourth-order valence-electron chi connectivity index (χ4n) is 0.977. The van der Waals surface area contributed by atoms with Gasteiger partial charge in [-0.1, -0.05) is 11.6 Å². The van der Waals surface area contributed by atoms with Gasteiger partial charge in [0.25, 0.3) is 0 Å². The number of halogens is 1. The second kappa shape index (κ2) is 2.17. The Bertz CT molecular complexity index is 257. The van der Waals surface area contributed by atoms with Crippen LogP contribution in [0.4, 0.5) is 0 Å². The number of benzene rings is 1. The summed E-state index contributed by atoms with van der Waals surface area (Å²) in [5.74, 6) is 0.879. The van der Waals surface area contributed by atoms with Crippen LogP contribution in [-0.2, 0) is 6.42 Å². The summed E-state index contributed by atoms with van der Waals surface area (Å²) in [4.78, 5) is 0. The smallest absolute Gasteiger partial charge is 0.201 e. The first-order chi connectivity index (χ1) is 4.86. The topological polar surface area (TPSA) is 9.23 Å². The van der Waals surface area contributed by atoms with Crippen LogP contribution in [0.15, 0.2) is 18.2 Å². The highest BCUT2D eigenvalue weighted by Gasteiger charge is 2.12. The Morgan fingerprint density at radius 2 is 2.40 bits per heavy atom. The monoisotopic (exact) mass is 152 g/mol. The van der Waals surface area contributed by atoms with Crippen molar-refractivity contribution in [3.05, 3.63) is 35.4 Å². The number of ether oxygens (including phenoxy) is 1. The molecule has 1 aromatic rings. The van der Waals surface area contributed by atoms with Gasteiger partial charge in [-0.3, -0.25) is 0 Å². The molecule has 0 aliphatic carbocycles. The van der Waals surface area contributed by atoms with Gasteiger partial charge in [0.15, 0.2) is 0 Å². The third-order valence-corrected chi connectivity index (χ3v) is 1.70. The zero-order chi connectivity index (χ0) is 6.97. The van der Waals surface area contributed by atoms with Gasteiger partial charge in [0.2, 0.25) is 6.61 Å². The molecular weight excluding hydrogens is 148 g/mol. The van der Waals surface area contributed by atoms with E-state index in [2.05, 4.69) is 6.61 Å². The highest BCUT2D eigenvalue weighted by molar-refractivity contribution is 6.30. The minimum absolute atomic E-state index is 0.746. The molecule has 0 saturated heterocycles. The van der Waals surface area contributed by atoms with E-state index in [4.69, 9.17) is 16.3 Å². The maximum absolute atomic E-state index is 5.74. The van der Waals surface area contributed by atoms with Crippen molar-refractivity contribution in [2.45, 2.75) is 6.42 Å². The molecule has 0 fully saturated rings. The van der Waals surface area contributed by atoms with Gasteiger partial charge in [-0.15, -0.1) is 0 Å². The molecule has 0 unspecified atom stereocenters. The Morgan fingerprint density at radius 3 is 3.30 bits per heavy atom. The van der Waals surface area contributed by atoms with E-state index in [1.807, 2.05) is 18.2 Å². The van der Waals surface area contributed by atoms with Crippen LogP contribution in [0.2, 0.25) is 5.02 Å². The molecule has 1 aromatic carbocycles. The molecule has 1 heterocycles. The minimum Gasteiger partial charge on any atom is -0.478 e. The van der Waals surface area contributed by atoms with Gasteiger partial charge < -0.3 is 4.74 Å². The third kappa shape index (κ3) is 0.868. The molecular formula is C8H5ClO. The van der Waals surface area contributed by atoms with E-state index >= 15 is 0 Å². The van der Waals surface area contributed by atoms with Gasteiger partial charge in [0.05, 0.1) is 0 Å². The fourth-order valence-corrected chi connectivity index (χ4v) is 1.17. The van der Waals surface area contributed by atoms with Crippen LogP contribution in [0.5, 0.6) is 5.75 Å². The lowest BCUT2D eigenvalue weighted by molar-refractivity contribution is 0.435. The first-order valence-corrected chi connectivity index (χ1v) is 3.42. The Hall–Kier alpha value is -0.690. The number of rotatable bonds is 0. The van der Waals surface area contributed by atoms with Crippen LogP contribution in [0, 0.1) is 6.61 Å². The fraction of sp³-hybridized carbons (Fsp3) is 0.125. The zero-order valence-electron chi connectivity index (χ0n) is 5.23. The van der Waals surface area contributed by atoms with Gasteiger partial charge in [-0.25, -0.2) is 0 Å². The van der Waals surface area contributed by atoms with Gasteiger partial charge in [-0.05, 0) is 23.8 Å². The summed E-state index contributed by atoms with van der Waals surface area (Å²) < 4.78 is 5.04. The van der Waals surface area contributed by atoms with Gasteiger partial charge in [0, 0.05) is 11.4 Å². The largest absolute Gasteiger partial charge is 0.478 e. The Balaban J connectivity index is 2.52. The molecule has 50 valence electrons. The Kier molecular flexibility index (Phi) is 1.31. The Labute approximate surface area is 64.6 Å². The summed E-state index contributed by atoms with van der Waals surface area (Å²) in [5.41, 5.74) is 1.12.